The molecule has 0 aliphatic carbocycles. The van der Waals surface area contributed by atoms with E-state index in [1.54, 1.807) is 0 Å². The Labute approximate surface area is 73.0 Å². The Balaban J connectivity index is 2.33. The van der Waals surface area contributed by atoms with Crippen LogP contribution in [0.2, 0.25) is 0 Å². The van der Waals surface area contributed by atoms with E-state index in [9.17, 15) is 5.11 Å². The summed E-state index contributed by atoms with van der Waals surface area (Å²) in [6.07, 6.45) is 1.57. The van der Waals surface area contributed by atoms with Crippen molar-refractivity contribution >= 4 is 0 Å². The van der Waals surface area contributed by atoms with Crippen molar-refractivity contribution in [1.29, 1.82) is 0 Å². The number of ether oxygens (including phenoxy) is 2. The molecule has 2 atom stereocenters. The van der Waals surface area contributed by atoms with E-state index >= 15 is 0 Å². The second kappa shape index (κ2) is 3.56. The molecule has 1 aliphatic rings. The molecule has 1 saturated heterocycles. The van der Waals surface area contributed by atoms with E-state index in [0.717, 1.165) is 0 Å². The van der Waals surface area contributed by atoms with E-state index in [1.807, 2.05) is 13.8 Å². The Hall–Kier alpha value is -0.380. The summed E-state index contributed by atoms with van der Waals surface area (Å²) >= 11 is 0. The third-order valence-corrected chi connectivity index (χ3v) is 1.84. The van der Waals surface area contributed by atoms with Gasteiger partial charge in [0.25, 0.3) is 0 Å². The van der Waals surface area contributed by atoms with Gasteiger partial charge in [-0.05, 0) is 13.8 Å². The number of hydrogen-bond donors (Lipinski definition) is 1. The third-order valence-electron chi connectivity index (χ3n) is 1.84. The lowest BCUT2D eigenvalue weighted by atomic mass is 10.2. The van der Waals surface area contributed by atoms with Crippen LogP contribution in [0.3, 0.4) is 0 Å². The lowest BCUT2D eigenvalue weighted by Crippen LogP contribution is -2.23. The first-order chi connectivity index (χ1) is 5.53. The van der Waals surface area contributed by atoms with Gasteiger partial charge in [-0.1, -0.05) is 6.08 Å². The smallest absolute Gasteiger partial charge is 0.163 e. The van der Waals surface area contributed by atoms with Gasteiger partial charge in [0.15, 0.2) is 5.79 Å². The molecule has 12 heavy (non-hydrogen) atoms. The summed E-state index contributed by atoms with van der Waals surface area (Å²) in [4.78, 5) is 0. The first-order valence-corrected chi connectivity index (χ1v) is 4.16. The molecule has 1 fully saturated rings. The van der Waals surface area contributed by atoms with Crippen molar-refractivity contribution in [3.8, 4) is 0 Å². The molecule has 0 spiro atoms. The summed E-state index contributed by atoms with van der Waals surface area (Å²) in [6.45, 7) is 7.78. The van der Waals surface area contributed by atoms with E-state index in [0.29, 0.717) is 13.0 Å². The molecule has 0 aromatic rings. The van der Waals surface area contributed by atoms with Crippen LogP contribution >= 0.6 is 0 Å². The van der Waals surface area contributed by atoms with Crippen molar-refractivity contribution in [3.63, 3.8) is 0 Å². The van der Waals surface area contributed by atoms with E-state index < -0.39 is 11.9 Å². The molecule has 0 bridgehead atoms. The van der Waals surface area contributed by atoms with Crippen molar-refractivity contribution < 1.29 is 14.6 Å². The largest absolute Gasteiger partial charge is 0.389 e. The fourth-order valence-corrected chi connectivity index (χ4v) is 1.24. The van der Waals surface area contributed by atoms with Gasteiger partial charge < -0.3 is 14.6 Å². The van der Waals surface area contributed by atoms with Gasteiger partial charge in [-0.25, -0.2) is 0 Å². The number of aliphatic hydroxyl groups excluding tert-OH is 1. The molecule has 3 nitrogen and oxygen atoms in total. The van der Waals surface area contributed by atoms with Gasteiger partial charge in [0, 0.05) is 6.42 Å². The van der Waals surface area contributed by atoms with Crippen LogP contribution in [-0.2, 0) is 9.47 Å². The highest BCUT2D eigenvalue weighted by Gasteiger charge is 2.33. The molecule has 3 heteroatoms. The molecule has 0 aromatic heterocycles. The Kier molecular flexibility index (Phi) is 2.88. The van der Waals surface area contributed by atoms with Crippen LogP contribution in [0, 0.1) is 0 Å². The monoisotopic (exact) mass is 172 g/mol. The van der Waals surface area contributed by atoms with Crippen molar-refractivity contribution in [1.82, 2.24) is 0 Å². The molecular formula is C9H16O3. The first kappa shape index (κ1) is 9.71. The minimum Gasteiger partial charge on any atom is -0.389 e. The molecule has 1 unspecified atom stereocenters. The zero-order valence-electron chi connectivity index (χ0n) is 7.62. The van der Waals surface area contributed by atoms with E-state index in [1.165, 1.54) is 6.08 Å². The topological polar surface area (TPSA) is 38.7 Å². The van der Waals surface area contributed by atoms with Gasteiger partial charge in [0.05, 0.1) is 18.8 Å². The van der Waals surface area contributed by atoms with E-state index in [2.05, 4.69) is 6.58 Å². The normalized spacial score (nSPS) is 30.1. The second-order valence-electron chi connectivity index (χ2n) is 3.49. The number of aliphatic hydroxyl groups is 1. The van der Waals surface area contributed by atoms with Crippen LogP contribution in [-0.4, -0.2) is 29.7 Å². The Morgan fingerprint density at radius 3 is 2.83 bits per heavy atom. The lowest BCUT2D eigenvalue weighted by molar-refractivity contribution is -0.140. The Morgan fingerprint density at radius 2 is 2.42 bits per heavy atom. The van der Waals surface area contributed by atoms with Gasteiger partial charge in [-0.15, -0.1) is 6.58 Å². The summed E-state index contributed by atoms with van der Waals surface area (Å²) in [5.41, 5.74) is 0. The van der Waals surface area contributed by atoms with Crippen LogP contribution in [0.15, 0.2) is 12.7 Å². The molecule has 0 amide bonds. The van der Waals surface area contributed by atoms with Gasteiger partial charge in [-0.3, -0.25) is 0 Å². The van der Waals surface area contributed by atoms with Crippen LogP contribution < -0.4 is 0 Å². The fraction of sp³-hybridized carbons (Fsp3) is 0.778. The minimum absolute atomic E-state index is 0.00648. The summed E-state index contributed by atoms with van der Waals surface area (Å²) in [5, 5.41) is 9.23. The summed E-state index contributed by atoms with van der Waals surface area (Å²) in [6, 6.07) is 0. The average Bonchev–Trinajstić information content (AvgIpc) is 2.30. The highest BCUT2D eigenvalue weighted by Crippen LogP contribution is 2.24. The van der Waals surface area contributed by atoms with Crippen LogP contribution in [0.5, 0.6) is 0 Å². The molecule has 70 valence electrons. The summed E-state index contributed by atoms with van der Waals surface area (Å²) < 4.78 is 10.8. The fourth-order valence-electron chi connectivity index (χ4n) is 1.24. The van der Waals surface area contributed by atoms with Gasteiger partial charge in [0.1, 0.15) is 0 Å². The average molecular weight is 172 g/mol. The van der Waals surface area contributed by atoms with Gasteiger partial charge in [-0.2, -0.15) is 0 Å². The maximum atomic E-state index is 9.23. The van der Waals surface area contributed by atoms with Gasteiger partial charge >= 0.3 is 0 Å². The first-order valence-electron chi connectivity index (χ1n) is 4.16. The maximum Gasteiger partial charge on any atom is 0.163 e. The predicted molar refractivity (Wildman–Crippen MR) is 45.7 cm³/mol. The van der Waals surface area contributed by atoms with Crippen molar-refractivity contribution in [2.45, 2.75) is 38.3 Å². The molecule has 0 aromatic carbocycles. The highest BCUT2D eigenvalue weighted by molar-refractivity contribution is 4.83. The van der Waals surface area contributed by atoms with Gasteiger partial charge in [0.2, 0.25) is 0 Å². The minimum atomic E-state index is -0.494. The lowest BCUT2D eigenvalue weighted by Gasteiger charge is -2.17. The van der Waals surface area contributed by atoms with Crippen molar-refractivity contribution in [2.75, 3.05) is 6.61 Å². The predicted octanol–water partition coefficient (Wildman–Crippen LogP) is 1.07. The quantitative estimate of drug-likeness (QED) is 0.647. The standard InChI is InChI=1S/C9H16O3/c1-4-7(10)5-8-6-11-9(2,3)12-8/h4,7-8,10H,1,5-6H2,2-3H3/t7?,8-/m1/s1. The number of rotatable bonds is 3. The summed E-state index contributed by atoms with van der Waals surface area (Å²) in [5.74, 6) is -0.494. The van der Waals surface area contributed by atoms with Crippen molar-refractivity contribution in [2.24, 2.45) is 0 Å². The number of hydrogen-bond acceptors (Lipinski definition) is 3. The molecule has 0 radical (unpaired) electrons. The Morgan fingerprint density at radius 1 is 1.75 bits per heavy atom. The van der Waals surface area contributed by atoms with E-state index in [-0.39, 0.29) is 6.10 Å². The highest BCUT2D eigenvalue weighted by atomic mass is 16.7. The third kappa shape index (κ3) is 2.59. The molecular weight excluding hydrogens is 156 g/mol. The second-order valence-corrected chi connectivity index (χ2v) is 3.49. The van der Waals surface area contributed by atoms with Crippen LogP contribution in [0.4, 0.5) is 0 Å². The zero-order valence-corrected chi connectivity index (χ0v) is 7.62. The van der Waals surface area contributed by atoms with E-state index in [4.69, 9.17) is 9.47 Å². The van der Waals surface area contributed by atoms with Crippen LogP contribution in [0.25, 0.3) is 0 Å². The molecule has 1 aliphatic heterocycles. The SMILES string of the molecule is C=CC(O)C[C@@H]1COC(C)(C)O1. The summed E-state index contributed by atoms with van der Waals surface area (Å²) in [7, 11) is 0. The molecule has 1 N–H and O–H groups in total. The van der Waals surface area contributed by atoms with Crippen LogP contribution in [0.1, 0.15) is 20.3 Å². The Bertz CT molecular complexity index is 165. The molecule has 1 rings (SSSR count). The molecule has 0 saturated carbocycles. The molecule has 1 heterocycles. The zero-order chi connectivity index (χ0) is 9.19. The van der Waals surface area contributed by atoms with Crippen molar-refractivity contribution in [3.05, 3.63) is 12.7 Å². The maximum absolute atomic E-state index is 9.23.